The first-order valence-corrected chi connectivity index (χ1v) is 13.6. The number of carboxylic acid groups (broad SMARTS) is 1. The molecule has 0 aliphatic carbocycles. The molecule has 0 bridgehead atoms. The minimum Gasteiger partial charge on any atom is -0.480 e. The van der Waals surface area contributed by atoms with Gasteiger partial charge >= 0.3 is 11.7 Å². The summed E-state index contributed by atoms with van der Waals surface area (Å²) in [5.41, 5.74) is 4.12. The molecule has 4 aromatic rings. The number of nitrogens with zero attached hydrogens (tertiary/aromatic N) is 3. The second-order valence-corrected chi connectivity index (χ2v) is 10.6. The van der Waals surface area contributed by atoms with Crippen LogP contribution in [0.1, 0.15) is 11.1 Å². The Kier molecular flexibility index (Phi) is 8.21. The van der Waals surface area contributed by atoms with Crippen LogP contribution in [0, 0.1) is 0 Å². The molecule has 11 heteroatoms. The molecule has 3 aromatic carbocycles. The van der Waals surface area contributed by atoms with Crippen LogP contribution in [-0.2, 0) is 29.5 Å². The van der Waals surface area contributed by atoms with Crippen LogP contribution in [0.2, 0.25) is 15.1 Å². The van der Waals surface area contributed by atoms with Gasteiger partial charge in [0.1, 0.15) is 6.04 Å². The number of halogens is 3. The molecule has 204 valence electrons. The van der Waals surface area contributed by atoms with E-state index in [4.69, 9.17) is 39.5 Å². The summed E-state index contributed by atoms with van der Waals surface area (Å²) in [4.78, 5) is 27.1. The summed E-state index contributed by atoms with van der Waals surface area (Å²) >= 11 is 19.5. The van der Waals surface area contributed by atoms with Crippen LogP contribution in [0.4, 0.5) is 5.69 Å². The molecule has 1 aliphatic rings. The number of carboxylic acids is 1. The molecule has 0 saturated carbocycles. The van der Waals surface area contributed by atoms with E-state index < -0.39 is 12.0 Å². The number of hydrogen-bond donors (Lipinski definition) is 2. The lowest BCUT2D eigenvalue weighted by Crippen LogP contribution is -2.38. The largest absolute Gasteiger partial charge is 0.480 e. The molecule has 0 amide bonds. The van der Waals surface area contributed by atoms with Crippen LogP contribution in [0.15, 0.2) is 59.4 Å². The lowest BCUT2D eigenvalue weighted by atomic mass is 10.0. The first-order chi connectivity index (χ1) is 18.7. The number of aromatic nitrogens is 2. The quantitative estimate of drug-likeness (QED) is 0.304. The monoisotopic (exact) mass is 588 g/mol. The van der Waals surface area contributed by atoms with Gasteiger partial charge in [-0.1, -0.05) is 53.0 Å². The van der Waals surface area contributed by atoms with E-state index in [0.29, 0.717) is 45.0 Å². The maximum atomic E-state index is 12.9. The standard InChI is InChI=1S/C28H27Cl3N4O4/c1-33-25-4-2-3-21(29)26(25)35(28(33)38)18-7-5-17(6-8-18)13-24(27(36)37)32-16-20-22(30)14-19(15-23(20)31)34-9-11-39-12-10-34/h2-8,14-15,24,32H,9-13,16H2,1H3,(H,36,37)/t24-/m0/s1. The predicted molar refractivity (Wildman–Crippen MR) is 155 cm³/mol. The smallest absolute Gasteiger partial charge is 0.333 e. The Morgan fingerprint density at radius 1 is 1.00 bits per heavy atom. The van der Waals surface area contributed by atoms with Gasteiger partial charge in [-0.05, 0) is 48.4 Å². The highest BCUT2D eigenvalue weighted by Crippen LogP contribution is 2.31. The Balaban J connectivity index is 1.31. The summed E-state index contributed by atoms with van der Waals surface area (Å²) in [5.74, 6) is -0.992. The van der Waals surface area contributed by atoms with E-state index in [-0.39, 0.29) is 18.7 Å². The van der Waals surface area contributed by atoms with Crippen LogP contribution in [-0.4, -0.2) is 52.6 Å². The van der Waals surface area contributed by atoms with Crippen molar-refractivity contribution in [1.29, 1.82) is 0 Å². The summed E-state index contributed by atoms with van der Waals surface area (Å²) < 4.78 is 8.50. The minimum absolute atomic E-state index is 0.194. The maximum Gasteiger partial charge on any atom is 0.333 e. The van der Waals surface area contributed by atoms with Crippen LogP contribution in [0.5, 0.6) is 0 Å². The van der Waals surface area contributed by atoms with Gasteiger partial charge in [0.2, 0.25) is 0 Å². The molecule has 0 radical (unpaired) electrons. The average molecular weight is 590 g/mol. The molecule has 1 saturated heterocycles. The normalized spacial score (nSPS) is 14.6. The van der Waals surface area contributed by atoms with Gasteiger partial charge in [0.25, 0.3) is 0 Å². The number of carbonyl (C=O) groups is 1. The number of rotatable bonds is 8. The van der Waals surface area contributed by atoms with Crippen LogP contribution in [0.25, 0.3) is 16.7 Å². The van der Waals surface area contributed by atoms with Crippen molar-refractivity contribution in [3.05, 3.63) is 91.3 Å². The molecular formula is C28H27Cl3N4O4. The Morgan fingerprint density at radius 3 is 2.31 bits per heavy atom. The zero-order valence-electron chi connectivity index (χ0n) is 21.2. The van der Waals surface area contributed by atoms with Gasteiger partial charge < -0.3 is 14.7 Å². The number of hydrogen-bond acceptors (Lipinski definition) is 5. The first kappa shape index (κ1) is 27.6. The fourth-order valence-electron chi connectivity index (χ4n) is 4.84. The Labute approximate surface area is 240 Å². The number of morpholine rings is 1. The zero-order valence-corrected chi connectivity index (χ0v) is 23.4. The molecule has 39 heavy (non-hydrogen) atoms. The molecule has 2 heterocycles. The highest BCUT2D eigenvalue weighted by Gasteiger charge is 2.21. The van der Waals surface area contributed by atoms with Gasteiger partial charge in [-0.15, -0.1) is 0 Å². The van der Waals surface area contributed by atoms with Gasteiger partial charge in [0.05, 0.1) is 35.0 Å². The van der Waals surface area contributed by atoms with Crippen molar-refractivity contribution in [2.75, 3.05) is 31.2 Å². The van der Waals surface area contributed by atoms with Crippen molar-refractivity contribution in [3.63, 3.8) is 0 Å². The average Bonchev–Trinajstić information content (AvgIpc) is 3.19. The minimum atomic E-state index is -0.992. The number of imidazole rings is 1. The van der Waals surface area contributed by atoms with Crippen molar-refractivity contribution in [1.82, 2.24) is 14.5 Å². The fourth-order valence-corrected chi connectivity index (χ4v) is 5.70. The van der Waals surface area contributed by atoms with Gasteiger partial charge in [0, 0.05) is 48.0 Å². The summed E-state index contributed by atoms with van der Waals surface area (Å²) in [5, 5.41) is 14.4. The van der Waals surface area contributed by atoms with Crippen molar-refractivity contribution >= 4 is 57.5 Å². The summed E-state index contributed by atoms with van der Waals surface area (Å²) in [6.45, 7) is 3.00. The molecule has 1 fully saturated rings. The molecular weight excluding hydrogens is 563 g/mol. The molecule has 1 atom stereocenters. The molecule has 1 aromatic heterocycles. The molecule has 5 rings (SSSR count). The highest BCUT2D eigenvalue weighted by molar-refractivity contribution is 6.36. The van der Waals surface area contributed by atoms with E-state index in [9.17, 15) is 14.7 Å². The summed E-state index contributed by atoms with van der Waals surface area (Å²) in [7, 11) is 1.70. The van der Waals surface area contributed by atoms with E-state index in [1.165, 1.54) is 0 Å². The number of ether oxygens (including phenoxy) is 1. The predicted octanol–water partition coefficient (Wildman–Crippen LogP) is 4.91. The number of anilines is 1. The van der Waals surface area contributed by atoms with E-state index in [1.807, 2.05) is 30.3 Å². The molecule has 1 aliphatic heterocycles. The molecule has 2 N–H and O–H groups in total. The molecule has 0 spiro atoms. The van der Waals surface area contributed by atoms with Crippen LogP contribution >= 0.6 is 34.8 Å². The Bertz CT molecular complexity index is 1550. The molecule has 0 unspecified atom stereocenters. The van der Waals surface area contributed by atoms with Gasteiger partial charge in [-0.25, -0.2) is 4.79 Å². The zero-order chi connectivity index (χ0) is 27.7. The number of para-hydroxylation sites is 1. The van der Waals surface area contributed by atoms with Gasteiger partial charge in [-0.3, -0.25) is 19.2 Å². The Hall–Kier alpha value is -3.01. The van der Waals surface area contributed by atoms with Gasteiger partial charge in [-0.2, -0.15) is 0 Å². The Morgan fingerprint density at radius 2 is 1.67 bits per heavy atom. The van der Waals surface area contributed by atoms with Gasteiger partial charge in [0.15, 0.2) is 0 Å². The van der Waals surface area contributed by atoms with E-state index in [2.05, 4.69) is 10.2 Å². The maximum absolute atomic E-state index is 12.9. The number of aliphatic carboxylic acids is 1. The number of nitrogens with one attached hydrogen (secondary N) is 1. The second kappa shape index (κ2) is 11.6. The molecule has 8 nitrogen and oxygen atoms in total. The van der Waals surface area contributed by atoms with Crippen molar-refractivity contribution in [3.8, 4) is 5.69 Å². The van der Waals surface area contributed by atoms with Crippen molar-refractivity contribution < 1.29 is 14.6 Å². The summed E-state index contributed by atoms with van der Waals surface area (Å²) in [6, 6.07) is 15.4. The second-order valence-electron chi connectivity index (χ2n) is 9.41. The third-order valence-corrected chi connectivity index (χ3v) is 7.97. The highest BCUT2D eigenvalue weighted by atomic mass is 35.5. The first-order valence-electron chi connectivity index (χ1n) is 12.5. The number of aryl methyl sites for hydroxylation is 1. The van der Waals surface area contributed by atoms with E-state index in [1.54, 1.807) is 40.4 Å². The third-order valence-electron chi connectivity index (χ3n) is 6.99. The fraction of sp³-hybridized carbons (Fsp3) is 0.286. The van der Waals surface area contributed by atoms with Crippen LogP contribution in [0.3, 0.4) is 0 Å². The van der Waals surface area contributed by atoms with Crippen molar-refractivity contribution in [2.45, 2.75) is 19.0 Å². The number of fused-ring (bicyclic) bond motifs is 1. The van der Waals surface area contributed by atoms with Crippen molar-refractivity contribution in [2.24, 2.45) is 7.05 Å². The SMILES string of the molecule is Cn1c(=O)n(-c2ccc(C[C@H](NCc3c(Cl)cc(N4CCOCC4)cc3Cl)C(=O)O)cc2)c2c(Cl)cccc21. The topological polar surface area (TPSA) is 88.7 Å². The van der Waals surface area contributed by atoms with E-state index in [0.717, 1.165) is 29.9 Å². The van der Waals surface area contributed by atoms with Crippen LogP contribution < -0.4 is 15.9 Å². The lowest BCUT2D eigenvalue weighted by Gasteiger charge is -2.29. The summed E-state index contributed by atoms with van der Waals surface area (Å²) in [6.07, 6.45) is 0.224. The lowest BCUT2D eigenvalue weighted by molar-refractivity contribution is -0.139. The third kappa shape index (κ3) is 5.66. The number of benzene rings is 3. The van der Waals surface area contributed by atoms with E-state index >= 15 is 0 Å².